The average molecular weight is 365 g/mol. The standard InChI is InChI=1S/C21H23N3O3/c1-5-27-20-13-16(10-11-19(20)26-4)21(25)22-17-8-6-7-9-18(17)24-15(3)12-14(2)23-24/h6-13H,5H2,1-4H3,(H,22,25). The number of carbonyl (C=O) groups is 1. The van der Waals surface area contributed by atoms with Gasteiger partial charge in [-0.25, -0.2) is 4.68 Å². The molecular weight excluding hydrogens is 342 g/mol. The summed E-state index contributed by atoms with van der Waals surface area (Å²) in [6.07, 6.45) is 0. The van der Waals surface area contributed by atoms with Crippen LogP contribution in [0.15, 0.2) is 48.5 Å². The minimum absolute atomic E-state index is 0.229. The third kappa shape index (κ3) is 3.95. The van der Waals surface area contributed by atoms with Gasteiger partial charge in [0, 0.05) is 11.3 Å². The fourth-order valence-electron chi connectivity index (χ4n) is 2.92. The van der Waals surface area contributed by atoms with Crippen molar-refractivity contribution >= 4 is 11.6 Å². The molecular formula is C21H23N3O3. The Morgan fingerprint density at radius 1 is 1.11 bits per heavy atom. The van der Waals surface area contributed by atoms with Crippen molar-refractivity contribution in [3.8, 4) is 17.2 Å². The predicted molar refractivity (Wildman–Crippen MR) is 105 cm³/mol. The van der Waals surface area contributed by atoms with Crippen LogP contribution in [-0.2, 0) is 0 Å². The topological polar surface area (TPSA) is 65.4 Å². The molecule has 1 amide bonds. The largest absolute Gasteiger partial charge is 0.493 e. The van der Waals surface area contributed by atoms with Crippen LogP contribution in [0.4, 0.5) is 5.69 Å². The summed E-state index contributed by atoms with van der Waals surface area (Å²) in [5.74, 6) is 0.906. The molecule has 0 atom stereocenters. The van der Waals surface area contributed by atoms with Crippen molar-refractivity contribution in [1.29, 1.82) is 0 Å². The third-order valence-electron chi connectivity index (χ3n) is 4.12. The molecule has 0 aliphatic carbocycles. The van der Waals surface area contributed by atoms with Crippen LogP contribution >= 0.6 is 0 Å². The third-order valence-corrected chi connectivity index (χ3v) is 4.12. The van der Waals surface area contributed by atoms with Gasteiger partial charge >= 0.3 is 0 Å². The Kier molecular flexibility index (Phi) is 5.45. The summed E-state index contributed by atoms with van der Waals surface area (Å²) < 4.78 is 12.7. The Morgan fingerprint density at radius 2 is 1.89 bits per heavy atom. The summed E-state index contributed by atoms with van der Waals surface area (Å²) in [6, 6.07) is 14.7. The molecule has 0 radical (unpaired) electrons. The van der Waals surface area contributed by atoms with Gasteiger partial charge < -0.3 is 14.8 Å². The second-order valence-electron chi connectivity index (χ2n) is 6.11. The molecule has 1 aromatic heterocycles. The van der Waals surface area contributed by atoms with E-state index in [2.05, 4.69) is 10.4 Å². The van der Waals surface area contributed by atoms with Gasteiger partial charge in [-0.2, -0.15) is 5.10 Å². The van der Waals surface area contributed by atoms with Crippen LogP contribution in [-0.4, -0.2) is 29.4 Å². The van der Waals surface area contributed by atoms with Crippen molar-refractivity contribution in [1.82, 2.24) is 9.78 Å². The van der Waals surface area contributed by atoms with E-state index in [4.69, 9.17) is 9.47 Å². The van der Waals surface area contributed by atoms with Crippen molar-refractivity contribution in [3.05, 3.63) is 65.5 Å². The molecule has 2 aromatic carbocycles. The minimum atomic E-state index is -0.229. The second kappa shape index (κ2) is 7.95. The first-order chi connectivity index (χ1) is 13.0. The van der Waals surface area contributed by atoms with Crippen LogP contribution in [0.5, 0.6) is 11.5 Å². The molecule has 0 saturated heterocycles. The van der Waals surface area contributed by atoms with E-state index < -0.39 is 0 Å². The maximum Gasteiger partial charge on any atom is 0.255 e. The first-order valence-electron chi connectivity index (χ1n) is 8.78. The van der Waals surface area contributed by atoms with Crippen molar-refractivity contribution in [3.63, 3.8) is 0 Å². The molecule has 0 spiro atoms. The summed E-state index contributed by atoms with van der Waals surface area (Å²) in [4.78, 5) is 12.8. The predicted octanol–water partition coefficient (Wildman–Crippen LogP) is 4.15. The fourth-order valence-corrected chi connectivity index (χ4v) is 2.92. The summed E-state index contributed by atoms with van der Waals surface area (Å²) in [6.45, 7) is 6.30. The number of anilines is 1. The maximum absolute atomic E-state index is 12.8. The Balaban J connectivity index is 1.91. The van der Waals surface area contributed by atoms with Gasteiger partial charge in [0.2, 0.25) is 0 Å². The van der Waals surface area contributed by atoms with Crippen LogP contribution in [0.1, 0.15) is 28.7 Å². The van der Waals surface area contributed by atoms with E-state index in [0.29, 0.717) is 29.4 Å². The second-order valence-corrected chi connectivity index (χ2v) is 6.11. The number of carbonyl (C=O) groups excluding carboxylic acids is 1. The molecule has 1 N–H and O–H groups in total. The van der Waals surface area contributed by atoms with Gasteiger partial charge in [0.25, 0.3) is 5.91 Å². The van der Waals surface area contributed by atoms with E-state index >= 15 is 0 Å². The molecule has 0 aliphatic heterocycles. The number of amides is 1. The molecule has 27 heavy (non-hydrogen) atoms. The number of nitrogens with zero attached hydrogens (tertiary/aromatic N) is 2. The normalized spacial score (nSPS) is 10.5. The number of para-hydroxylation sites is 2. The zero-order valence-electron chi connectivity index (χ0n) is 15.9. The molecule has 0 aliphatic rings. The molecule has 0 unspecified atom stereocenters. The van der Waals surface area contributed by atoms with E-state index in [1.807, 2.05) is 55.8 Å². The maximum atomic E-state index is 12.8. The molecule has 3 rings (SSSR count). The summed E-state index contributed by atoms with van der Waals surface area (Å²) in [5.41, 5.74) is 3.90. The van der Waals surface area contributed by atoms with Gasteiger partial charge in [0.1, 0.15) is 0 Å². The Labute approximate surface area is 158 Å². The average Bonchev–Trinajstić information content (AvgIpc) is 3.00. The molecule has 0 fully saturated rings. The molecule has 6 nitrogen and oxygen atoms in total. The Hall–Kier alpha value is -3.28. The Morgan fingerprint density at radius 3 is 2.56 bits per heavy atom. The van der Waals surface area contributed by atoms with Crippen LogP contribution in [0.25, 0.3) is 5.69 Å². The number of nitrogens with one attached hydrogen (secondary N) is 1. The van der Waals surface area contributed by atoms with Crippen LogP contribution < -0.4 is 14.8 Å². The minimum Gasteiger partial charge on any atom is -0.493 e. The van der Waals surface area contributed by atoms with Crippen LogP contribution in [0, 0.1) is 13.8 Å². The SMILES string of the molecule is CCOc1cc(C(=O)Nc2ccccc2-n2nc(C)cc2C)ccc1OC. The van der Waals surface area contributed by atoms with Gasteiger partial charge in [-0.05, 0) is 57.2 Å². The van der Waals surface area contributed by atoms with E-state index in [9.17, 15) is 4.79 Å². The number of methoxy groups -OCH3 is 1. The summed E-state index contributed by atoms with van der Waals surface area (Å²) in [5, 5.41) is 7.48. The number of hydrogen-bond donors (Lipinski definition) is 1. The van der Waals surface area contributed by atoms with Gasteiger partial charge in [0.05, 0.1) is 30.8 Å². The fraction of sp³-hybridized carbons (Fsp3) is 0.238. The number of hydrogen-bond acceptors (Lipinski definition) is 4. The van der Waals surface area contributed by atoms with Crippen LogP contribution in [0.2, 0.25) is 0 Å². The first kappa shape index (κ1) is 18.5. The summed E-state index contributed by atoms with van der Waals surface area (Å²) in [7, 11) is 1.57. The molecule has 1 heterocycles. The van der Waals surface area contributed by atoms with E-state index in [-0.39, 0.29) is 5.91 Å². The highest BCUT2D eigenvalue weighted by atomic mass is 16.5. The highest BCUT2D eigenvalue weighted by Gasteiger charge is 2.14. The van der Waals surface area contributed by atoms with Crippen molar-refractivity contribution in [2.75, 3.05) is 19.0 Å². The highest BCUT2D eigenvalue weighted by molar-refractivity contribution is 6.05. The molecule has 0 bridgehead atoms. The number of ether oxygens (including phenoxy) is 2. The number of aromatic nitrogens is 2. The zero-order valence-corrected chi connectivity index (χ0v) is 15.9. The van der Waals surface area contributed by atoms with E-state index in [1.165, 1.54) is 0 Å². The number of aryl methyl sites for hydroxylation is 2. The highest BCUT2D eigenvalue weighted by Crippen LogP contribution is 2.29. The smallest absolute Gasteiger partial charge is 0.255 e. The molecule has 0 saturated carbocycles. The first-order valence-corrected chi connectivity index (χ1v) is 8.78. The molecule has 140 valence electrons. The van der Waals surface area contributed by atoms with Crippen molar-refractivity contribution in [2.24, 2.45) is 0 Å². The molecule has 6 heteroatoms. The van der Waals surface area contributed by atoms with E-state index in [1.54, 1.807) is 25.3 Å². The van der Waals surface area contributed by atoms with Gasteiger partial charge in [-0.1, -0.05) is 12.1 Å². The monoisotopic (exact) mass is 365 g/mol. The number of benzene rings is 2. The lowest BCUT2D eigenvalue weighted by molar-refractivity contribution is 0.102. The lowest BCUT2D eigenvalue weighted by Gasteiger charge is -2.14. The van der Waals surface area contributed by atoms with Crippen LogP contribution in [0.3, 0.4) is 0 Å². The lowest BCUT2D eigenvalue weighted by Crippen LogP contribution is -2.14. The van der Waals surface area contributed by atoms with Crippen molar-refractivity contribution in [2.45, 2.75) is 20.8 Å². The summed E-state index contributed by atoms with van der Waals surface area (Å²) >= 11 is 0. The van der Waals surface area contributed by atoms with Crippen molar-refractivity contribution < 1.29 is 14.3 Å². The Bertz CT molecular complexity index is 963. The zero-order chi connectivity index (χ0) is 19.4. The lowest BCUT2D eigenvalue weighted by atomic mass is 10.1. The van der Waals surface area contributed by atoms with Gasteiger partial charge in [0.15, 0.2) is 11.5 Å². The van der Waals surface area contributed by atoms with Gasteiger partial charge in [-0.3, -0.25) is 4.79 Å². The van der Waals surface area contributed by atoms with Gasteiger partial charge in [-0.15, -0.1) is 0 Å². The van der Waals surface area contributed by atoms with E-state index in [0.717, 1.165) is 17.1 Å². The number of rotatable bonds is 6. The molecule has 3 aromatic rings. The quantitative estimate of drug-likeness (QED) is 0.713.